The first kappa shape index (κ1) is 15.2. The fourth-order valence-corrected chi connectivity index (χ4v) is 2.82. The molecule has 0 aliphatic rings. The third-order valence-electron chi connectivity index (χ3n) is 1.60. The monoisotopic (exact) mass is 272 g/mol. The Morgan fingerprint density at radius 3 is 2.33 bits per heavy atom. The summed E-state index contributed by atoms with van der Waals surface area (Å²) >= 11 is 11.1. The van der Waals surface area contributed by atoms with Crippen molar-refractivity contribution >= 4 is 30.9 Å². The first-order valence-electron chi connectivity index (χ1n) is 4.42. The molecule has 0 aromatic heterocycles. The summed E-state index contributed by atoms with van der Waals surface area (Å²) in [6.07, 6.45) is 5.41. The lowest BCUT2D eigenvalue weighted by atomic mass is 10.5. The van der Waals surface area contributed by atoms with Crippen molar-refractivity contribution < 1.29 is 9.09 Å². The van der Waals surface area contributed by atoms with E-state index in [4.69, 9.17) is 39.7 Å². The van der Waals surface area contributed by atoms with Gasteiger partial charge < -0.3 is 4.52 Å². The summed E-state index contributed by atoms with van der Waals surface area (Å²) in [5.41, 5.74) is 5.55. The Morgan fingerprint density at radius 1 is 1.40 bits per heavy atom. The van der Waals surface area contributed by atoms with Crippen molar-refractivity contribution in [2.24, 2.45) is 5.50 Å². The van der Waals surface area contributed by atoms with Crippen LogP contribution in [0.2, 0.25) is 0 Å². The number of terminal acetylenes is 1. The molecule has 0 spiro atoms. The predicted molar refractivity (Wildman–Crippen MR) is 64.2 cm³/mol. The smallest absolute Gasteiger partial charge is 0.305 e. The lowest BCUT2D eigenvalue weighted by molar-refractivity contribution is 0.272. The van der Waals surface area contributed by atoms with Gasteiger partial charge in [-0.15, -0.1) is 35.5 Å². The normalized spacial score (nSPS) is 14.9. The largest absolute Gasteiger partial charge is 0.340 e. The Bertz CT molecular complexity index is 252. The van der Waals surface area contributed by atoms with Gasteiger partial charge in [-0.05, 0) is 0 Å². The van der Waals surface area contributed by atoms with Crippen LogP contribution in [0.4, 0.5) is 0 Å². The lowest BCUT2D eigenvalue weighted by Gasteiger charge is -2.26. The highest BCUT2D eigenvalue weighted by atomic mass is 35.5. The highest BCUT2D eigenvalue weighted by Gasteiger charge is 2.25. The second-order valence-corrected chi connectivity index (χ2v) is 5.39. The molecule has 0 rings (SSSR count). The molecule has 0 amide bonds. The number of alkyl halides is 2. The highest BCUT2D eigenvalue weighted by Crippen LogP contribution is 2.42. The van der Waals surface area contributed by atoms with E-state index in [1.807, 2.05) is 0 Å². The summed E-state index contributed by atoms with van der Waals surface area (Å²) in [5, 5.41) is 0. The molecule has 88 valence electrons. The standard InChI is InChI=1S/C8H15Cl2N2O2P/c1-2-3-8-14-15(11,13)12(6-4-9)7-5-10/h1H,3-8H2,(H2,11,13). The number of hydrogen-bond acceptors (Lipinski definition) is 2. The van der Waals surface area contributed by atoms with E-state index in [0.29, 0.717) is 31.3 Å². The zero-order valence-corrected chi connectivity index (χ0v) is 10.8. The summed E-state index contributed by atoms with van der Waals surface area (Å²) in [6.45, 7) is 0.918. The summed E-state index contributed by atoms with van der Waals surface area (Å²) in [6, 6.07) is 0. The first-order valence-corrected chi connectivity index (χ1v) is 7.14. The maximum Gasteiger partial charge on any atom is 0.340 e. The quantitative estimate of drug-likeness (QED) is 0.317. The summed E-state index contributed by atoms with van der Waals surface area (Å²) < 4.78 is 18.3. The van der Waals surface area contributed by atoms with Crippen molar-refractivity contribution in [2.45, 2.75) is 6.42 Å². The molecule has 7 heteroatoms. The molecule has 2 N–H and O–H groups in total. The van der Waals surface area contributed by atoms with E-state index >= 15 is 0 Å². The van der Waals surface area contributed by atoms with E-state index in [2.05, 4.69) is 5.92 Å². The fraction of sp³-hybridized carbons (Fsp3) is 0.750. The van der Waals surface area contributed by atoms with E-state index in [9.17, 15) is 4.57 Å². The van der Waals surface area contributed by atoms with Crippen LogP contribution in [0.5, 0.6) is 0 Å². The second kappa shape index (κ2) is 8.41. The summed E-state index contributed by atoms with van der Waals surface area (Å²) in [7, 11) is -3.30. The van der Waals surface area contributed by atoms with Crippen LogP contribution in [0.1, 0.15) is 6.42 Å². The molecule has 0 aromatic carbocycles. The van der Waals surface area contributed by atoms with Crippen LogP contribution in [0.15, 0.2) is 0 Å². The molecule has 0 aromatic rings. The van der Waals surface area contributed by atoms with Crippen LogP contribution in [0, 0.1) is 12.3 Å². The first-order chi connectivity index (χ1) is 7.08. The Balaban J connectivity index is 4.22. The molecular weight excluding hydrogens is 258 g/mol. The molecular formula is C8H15Cl2N2O2P. The number of rotatable bonds is 8. The van der Waals surface area contributed by atoms with E-state index < -0.39 is 7.67 Å². The molecule has 0 saturated heterocycles. The van der Waals surface area contributed by atoms with E-state index in [0.717, 1.165) is 0 Å². The van der Waals surface area contributed by atoms with Gasteiger partial charge in [0.05, 0.1) is 6.61 Å². The topological polar surface area (TPSA) is 55.6 Å². The predicted octanol–water partition coefficient (Wildman–Crippen LogP) is 1.87. The third kappa shape index (κ3) is 6.42. The molecule has 4 nitrogen and oxygen atoms in total. The van der Waals surface area contributed by atoms with Crippen molar-refractivity contribution in [3.63, 3.8) is 0 Å². The number of hydrogen-bond donors (Lipinski definition) is 1. The minimum Gasteiger partial charge on any atom is -0.305 e. The minimum absolute atomic E-state index is 0.172. The highest BCUT2D eigenvalue weighted by molar-refractivity contribution is 7.53. The summed E-state index contributed by atoms with van der Waals surface area (Å²) in [4.78, 5) is 0. The van der Waals surface area contributed by atoms with Gasteiger partial charge in [0.2, 0.25) is 0 Å². The maximum absolute atomic E-state index is 11.9. The van der Waals surface area contributed by atoms with Crippen LogP contribution in [0.3, 0.4) is 0 Å². The van der Waals surface area contributed by atoms with Crippen LogP contribution in [0.25, 0.3) is 0 Å². The molecule has 1 atom stereocenters. The van der Waals surface area contributed by atoms with Crippen molar-refractivity contribution in [1.29, 1.82) is 0 Å². The van der Waals surface area contributed by atoms with Crippen molar-refractivity contribution in [1.82, 2.24) is 4.67 Å². The SMILES string of the molecule is C#CCCOP(N)(=O)N(CCCl)CCCl. The van der Waals surface area contributed by atoms with E-state index in [-0.39, 0.29) is 6.61 Å². The van der Waals surface area contributed by atoms with Crippen LogP contribution < -0.4 is 5.50 Å². The fourth-order valence-electron chi connectivity index (χ4n) is 0.903. The third-order valence-corrected chi connectivity index (χ3v) is 3.68. The van der Waals surface area contributed by atoms with E-state index in [1.165, 1.54) is 4.67 Å². The van der Waals surface area contributed by atoms with Crippen LogP contribution in [-0.2, 0) is 9.09 Å². The molecule has 15 heavy (non-hydrogen) atoms. The Labute approximate surface area is 101 Å². The molecule has 0 saturated carbocycles. The zero-order chi connectivity index (χ0) is 11.7. The number of nitrogens with two attached hydrogens (primary N) is 1. The Morgan fingerprint density at radius 2 is 1.93 bits per heavy atom. The van der Waals surface area contributed by atoms with Gasteiger partial charge in [-0.25, -0.2) is 10.2 Å². The average Bonchev–Trinajstić information content (AvgIpc) is 2.18. The average molecular weight is 273 g/mol. The van der Waals surface area contributed by atoms with Gasteiger partial charge >= 0.3 is 7.67 Å². The van der Waals surface area contributed by atoms with Crippen LogP contribution >= 0.6 is 30.9 Å². The molecule has 0 fully saturated rings. The molecule has 0 aliphatic heterocycles. The maximum atomic E-state index is 11.9. The Kier molecular flexibility index (Phi) is 8.55. The van der Waals surface area contributed by atoms with E-state index in [1.54, 1.807) is 0 Å². The van der Waals surface area contributed by atoms with Crippen molar-refractivity contribution in [3.8, 4) is 12.3 Å². The van der Waals surface area contributed by atoms with Crippen LogP contribution in [-0.4, -0.2) is 36.1 Å². The molecule has 0 radical (unpaired) electrons. The Hall–Kier alpha value is 0.250. The van der Waals surface area contributed by atoms with Gasteiger partial charge in [-0.1, -0.05) is 0 Å². The molecule has 0 heterocycles. The van der Waals surface area contributed by atoms with Gasteiger partial charge in [-0.2, -0.15) is 0 Å². The number of nitrogens with zero attached hydrogens (tertiary/aromatic N) is 1. The van der Waals surface area contributed by atoms with Gasteiger partial charge in [0, 0.05) is 31.3 Å². The number of halogens is 2. The lowest BCUT2D eigenvalue weighted by Crippen LogP contribution is -2.29. The second-order valence-electron chi connectivity index (χ2n) is 2.68. The minimum atomic E-state index is -3.30. The molecule has 0 bridgehead atoms. The van der Waals surface area contributed by atoms with Gasteiger partial charge in [0.1, 0.15) is 0 Å². The summed E-state index contributed by atoms with van der Waals surface area (Å²) in [5.74, 6) is 3.00. The van der Waals surface area contributed by atoms with Gasteiger partial charge in [0.25, 0.3) is 0 Å². The van der Waals surface area contributed by atoms with Gasteiger partial charge in [-0.3, -0.25) is 4.57 Å². The molecule has 0 aliphatic carbocycles. The zero-order valence-electron chi connectivity index (χ0n) is 8.36. The molecule has 1 unspecified atom stereocenters. The van der Waals surface area contributed by atoms with Gasteiger partial charge in [0.15, 0.2) is 0 Å². The van der Waals surface area contributed by atoms with Crippen molar-refractivity contribution in [3.05, 3.63) is 0 Å². The van der Waals surface area contributed by atoms with Crippen molar-refractivity contribution in [2.75, 3.05) is 31.5 Å².